The van der Waals surface area contributed by atoms with Gasteiger partial charge in [0.2, 0.25) is 0 Å². The van der Waals surface area contributed by atoms with Crippen LogP contribution < -0.4 is 10.6 Å². The molecule has 0 aliphatic carbocycles. The molecule has 0 spiro atoms. The first-order chi connectivity index (χ1) is 8.31. The van der Waals surface area contributed by atoms with Gasteiger partial charge in [0.15, 0.2) is 0 Å². The Morgan fingerprint density at radius 2 is 2.06 bits per heavy atom. The fraction of sp³-hybridized carbons (Fsp3) is 0.462. The van der Waals surface area contributed by atoms with E-state index < -0.39 is 11.7 Å². The number of nitrogens with one attached hydrogen (secondary N) is 2. The lowest BCUT2D eigenvalue weighted by molar-refractivity contribution is 0.0635. The van der Waals surface area contributed by atoms with Gasteiger partial charge in [-0.2, -0.15) is 0 Å². The molecule has 0 aliphatic rings. The summed E-state index contributed by atoms with van der Waals surface area (Å²) in [6, 6.07) is 4.76. The zero-order valence-electron chi connectivity index (χ0n) is 11.2. The molecule has 0 aromatic heterocycles. The third-order valence-corrected chi connectivity index (χ3v) is 2.09. The minimum absolute atomic E-state index is 0.162. The molecule has 3 N–H and O–H groups in total. The zero-order valence-corrected chi connectivity index (χ0v) is 11.2. The topological polar surface area (TPSA) is 70.6 Å². The van der Waals surface area contributed by atoms with E-state index in [2.05, 4.69) is 10.6 Å². The number of anilines is 1. The smallest absolute Gasteiger partial charge is 0.412 e. The summed E-state index contributed by atoms with van der Waals surface area (Å²) in [7, 11) is 1.79. The van der Waals surface area contributed by atoms with Crippen LogP contribution in [0.15, 0.2) is 18.2 Å². The molecule has 0 aliphatic heterocycles. The van der Waals surface area contributed by atoms with Crippen LogP contribution in [0.2, 0.25) is 0 Å². The van der Waals surface area contributed by atoms with Gasteiger partial charge >= 0.3 is 6.09 Å². The summed E-state index contributed by atoms with van der Waals surface area (Å²) in [5.41, 5.74) is 0.879. The van der Waals surface area contributed by atoms with Crippen LogP contribution in [0.5, 0.6) is 5.75 Å². The summed E-state index contributed by atoms with van der Waals surface area (Å²) in [4.78, 5) is 11.7. The van der Waals surface area contributed by atoms with E-state index in [1.165, 1.54) is 6.07 Å². The number of carbonyl (C=O) groups excluding carboxylic acids is 1. The highest BCUT2D eigenvalue weighted by Gasteiger charge is 2.17. The number of benzene rings is 1. The average Bonchev–Trinajstić information content (AvgIpc) is 2.20. The van der Waals surface area contributed by atoms with E-state index in [1.807, 2.05) is 0 Å². The van der Waals surface area contributed by atoms with Crippen molar-refractivity contribution in [2.24, 2.45) is 0 Å². The molecule has 100 valence electrons. The number of hydrogen-bond acceptors (Lipinski definition) is 4. The van der Waals surface area contributed by atoms with Gasteiger partial charge in [0.05, 0.1) is 0 Å². The lowest BCUT2D eigenvalue weighted by Gasteiger charge is -2.20. The second kappa shape index (κ2) is 5.73. The maximum absolute atomic E-state index is 11.7. The first kappa shape index (κ1) is 14.3. The van der Waals surface area contributed by atoms with Crippen molar-refractivity contribution in [2.45, 2.75) is 32.9 Å². The standard InChI is InChI=1S/C13H20N2O3/c1-13(2,3)18-12(17)15-11-6-5-10(16)7-9(11)8-14-4/h5-7,14,16H,8H2,1-4H3,(H,15,17). The molecule has 5 nitrogen and oxygen atoms in total. The molecule has 0 saturated heterocycles. The maximum Gasteiger partial charge on any atom is 0.412 e. The third kappa shape index (κ3) is 4.63. The Morgan fingerprint density at radius 1 is 1.39 bits per heavy atom. The monoisotopic (exact) mass is 252 g/mol. The van der Waals surface area contributed by atoms with Crippen molar-refractivity contribution in [3.8, 4) is 5.75 Å². The van der Waals surface area contributed by atoms with Gasteiger partial charge in [-0.25, -0.2) is 4.79 Å². The van der Waals surface area contributed by atoms with Crippen LogP contribution in [0, 0.1) is 0 Å². The van der Waals surface area contributed by atoms with Crippen LogP contribution in [0.3, 0.4) is 0 Å². The van der Waals surface area contributed by atoms with Gasteiger partial charge in [0.25, 0.3) is 0 Å². The number of hydrogen-bond donors (Lipinski definition) is 3. The largest absolute Gasteiger partial charge is 0.508 e. The molecule has 1 aromatic carbocycles. The van der Waals surface area contributed by atoms with Gasteiger partial charge in [-0.3, -0.25) is 5.32 Å². The first-order valence-electron chi connectivity index (χ1n) is 5.78. The van der Waals surface area contributed by atoms with Gasteiger partial charge < -0.3 is 15.2 Å². The Bertz CT molecular complexity index is 425. The van der Waals surface area contributed by atoms with Crippen molar-refractivity contribution in [1.82, 2.24) is 5.32 Å². The minimum Gasteiger partial charge on any atom is -0.508 e. The molecule has 1 aromatic rings. The van der Waals surface area contributed by atoms with Crippen LogP contribution in [0.25, 0.3) is 0 Å². The van der Waals surface area contributed by atoms with E-state index in [1.54, 1.807) is 40.0 Å². The van der Waals surface area contributed by atoms with Crippen molar-refractivity contribution >= 4 is 11.8 Å². The molecule has 0 bridgehead atoms. The molecule has 1 amide bonds. The minimum atomic E-state index is -0.538. The average molecular weight is 252 g/mol. The summed E-state index contributed by atoms with van der Waals surface area (Å²) in [6.07, 6.45) is -0.509. The number of phenols is 1. The van der Waals surface area contributed by atoms with Crippen LogP contribution in [-0.2, 0) is 11.3 Å². The highest BCUT2D eigenvalue weighted by Crippen LogP contribution is 2.22. The van der Waals surface area contributed by atoms with Gasteiger partial charge in [0.1, 0.15) is 11.4 Å². The molecule has 0 radical (unpaired) electrons. The molecule has 5 heteroatoms. The normalized spacial score (nSPS) is 11.1. The number of carbonyl (C=O) groups is 1. The quantitative estimate of drug-likeness (QED) is 0.723. The predicted molar refractivity (Wildman–Crippen MR) is 70.7 cm³/mol. The fourth-order valence-electron chi connectivity index (χ4n) is 1.45. The Morgan fingerprint density at radius 3 is 2.61 bits per heavy atom. The fourth-order valence-corrected chi connectivity index (χ4v) is 1.45. The first-order valence-corrected chi connectivity index (χ1v) is 5.78. The number of rotatable bonds is 3. The van der Waals surface area contributed by atoms with E-state index in [4.69, 9.17) is 4.74 Å². The van der Waals surface area contributed by atoms with Crippen molar-refractivity contribution < 1.29 is 14.6 Å². The van der Waals surface area contributed by atoms with Crippen molar-refractivity contribution in [3.05, 3.63) is 23.8 Å². The Labute approximate surface area is 107 Å². The lowest BCUT2D eigenvalue weighted by atomic mass is 10.1. The van der Waals surface area contributed by atoms with Gasteiger partial charge in [-0.05, 0) is 51.6 Å². The van der Waals surface area contributed by atoms with E-state index in [0.717, 1.165) is 5.56 Å². The Balaban J connectivity index is 2.80. The summed E-state index contributed by atoms with van der Waals surface area (Å²) in [5.74, 6) is 0.162. The third-order valence-electron chi connectivity index (χ3n) is 2.09. The van der Waals surface area contributed by atoms with Crippen LogP contribution in [0.1, 0.15) is 26.3 Å². The van der Waals surface area contributed by atoms with E-state index in [-0.39, 0.29) is 5.75 Å². The van der Waals surface area contributed by atoms with Crippen LogP contribution in [0.4, 0.5) is 10.5 Å². The van der Waals surface area contributed by atoms with Crippen molar-refractivity contribution in [2.75, 3.05) is 12.4 Å². The molecule has 0 heterocycles. The highest BCUT2D eigenvalue weighted by atomic mass is 16.6. The molecular formula is C13H20N2O3. The predicted octanol–water partition coefficient (Wildman–Crippen LogP) is 2.46. The Hall–Kier alpha value is -1.75. The number of aromatic hydroxyl groups is 1. The zero-order chi connectivity index (χ0) is 13.8. The summed E-state index contributed by atoms with van der Waals surface area (Å²) < 4.78 is 5.17. The summed E-state index contributed by atoms with van der Waals surface area (Å²) in [5, 5.41) is 15.0. The summed E-state index contributed by atoms with van der Waals surface area (Å²) in [6.45, 7) is 5.95. The molecule has 1 rings (SSSR count). The SMILES string of the molecule is CNCc1cc(O)ccc1NC(=O)OC(C)(C)C. The van der Waals surface area contributed by atoms with Gasteiger partial charge in [0, 0.05) is 12.2 Å². The van der Waals surface area contributed by atoms with Crippen molar-refractivity contribution in [1.29, 1.82) is 0 Å². The lowest BCUT2D eigenvalue weighted by Crippen LogP contribution is -2.27. The number of phenolic OH excluding ortho intramolecular Hbond substituents is 1. The van der Waals surface area contributed by atoms with Crippen LogP contribution >= 0.6 is 0 Å². The van der Waals surface area contributed by atoms with Gasteiger partial charge in [-0.1, -0.05) is 0 Å². The molecule has 0 atom stereocenters. The Kier molecular flexibility index (Phi) is 4.55. The van der Waals surface area contributed by atoms with E-state index in [0.29, 0.717) is 12.2 Å². The van der Waals surface area contributed by atoms with E-state index in [9.17, 15) is 9.90 Å². The summed E-state index contributed by atoms with van der Waals surface area (Å²) >= 11 is 0. The second-order valence-corrected chi connectivity index (χ2v) is 5.00. The number of amides is 1. The highest BCUT2D eigenvalue weighted by molar-refractivity contribution is 5.86. The molecular weight excluding hydrogens is 232 g/mol. The molecule has 0 unspecified atom stereocenters. The van der Waals surface area contributed by atoms with Crippen LogP contribution in [-0.4, -0.2) is 23.8 Å². The second-order valence-electron chi connectivity index (χ2n) is 5.00. The van der Waals surface area contributed by atoms with Crippen molar-refractivity contribution in [3.63, 3.8) is 0 Å². The van der Waals surface area contributed by atoms with Gasteiger partial charge in [-0.15, -0.1) is 0 Å². The molecule has 0 saturated carbocycles. The van der Waals surface area contributed by atoms with E-state index >= 15 is 0 Å². The molecule has 0 fully saturated rings. The maximum atomic E-state index is 11.7. The molecule has 18 heavy (non-hydrogen) atoms. The number of ether oxygens (including phenoxy) is 1.